The van der Waals surface area contributed by atoms with Gasteiger partial charge in [-0.15, -0.1) is 0 Å². The molecule has 0 saturated heterocycles. The van der Waals surface area contributed by atoms with E-state index in [0.717, 1.165) is 24.5 Å². The molecule has 1 aromatic heterocycles. The quantitative estimate of drug-likeness (QED) is 0.803. The van der Waals surface area contributed by atoms with Crippen LogP contribution in [-0.4, -0.2) is 17.6 Å². The Labute approximate surface area is 98.2 Å². The highest BCUT2D eigenvalue weighted by molar-refractivity contribution is 5.29. The molecule has 1 N–H and O–H groups in total. The fourth-order valence-electron chi connectivity index (χ4n) is 1.26. The van der Waals surface area contributed by atoms with Gasteiger partial charge in [-0.1, -0.05) is 27.7 Å². The van der Waals surface area contributed by atoms with Gasteiger partial charge in [0, 0.05) is 30.5 Å². The molecule has 3 heteroatoms. The van der Waals surface area contributed by atoms with Crippen molar-refractivity contribution in [1.29, 1.82) is 0 Å². The number of nitrogens with zero attached hydrogens (tertiary/aromatic N) is 1. The minimum absolute atomic E-state index is 0.471. The molecule has 0 radical (unpaired) electrons. The van der Waals surface area contributed by atoms with Crippen molar-refractivity contribution in [2.24, 2.45) is 5.92 Å². The van der Waals surface area contributed by atoms with Crippen LogP contribution in [0, 0.1) is 5.92 Å². The van der Waals surface area contributed by atoms with Crippen LogP contribution in [0.25, 0.3) is 0 Å². The number of rotatable bonds is 6. The number of ether oxygens (including phenoxy) is 1. The lowest BCUT2D eigenvalue weighted by molar-refractivity contribution is 0.267. The third kappa shape index (κ3) is 4.62. The van der Waals surface area contributed by atoms with Gasteiger partial charge < -0.3 is 10.1 Å². The highest BCUT2D eigenvalue weighted by Gasteiger charge is 2.05. The van der Waals surface area contributed by atoms with E-state index in [4.69, 9.17) is 4.74 Å². The van der Waals surface area contributed by atoms with E-state index in [-0.39, 0.29) is 0 Å². The van der Waals surface area contributed by atoms with Crippen molar-refractivity contribution in [3.05, 3.63) is 24.0 Å². The fraction of sp³-hybridized carbons (Fsp3) is 0.615. The first-order valence-corrected chi connectivity index (χ1v) is 5.88. The Kier molecular flexibility index (Phi) is 5.26. The average molecular weight is 222 g/mol. The molecular weight excluding hydrogens is 200 g/mol. The van der Waals surface area contributed by atoms with Crippen molar-refractivity contribution in [2.75, 3.05) is 6.61 Å². The van der Waals surface area contributed by atoms with Crippen LogP contribution in [0.4, 0.5) is 0 Å². The molecule has 1 aromatic rings. The summed E-state index contributed by atoms with van der Waals surface area (Å²) in [5.41, 5.74) is 1.12. The minimum Gasteiger partial charge on any atom is -0.493 e. The minimum atomic E-state index is 0.471. The average Bonchev–Trinajstić information content (AvgIpc) is 2.24. The summed E-state index contributed by atoms with van der Waals surface area (Å²) in [4.78, 5) is 4.13. The molecule has 0 aromatic carbocycles. The van der Waals surface area contributed by atoms with Gasteiger partial charge in [0.15, 0.2) is 0 Å². The molecular formula is C13H22N2O. The van der Waals surface area contributed by atoms with E-state index in [1.165, 1.54) is 0 Å². The summed E-state index contributed by atoms with van der Waals surface area (Å²) in [5.74, 6) is 1.48. The predicted molar refractivity (Wildman–Crippen MR) is 66.5 cm³/mol. The monoisotopic (exact) mass is 222 g/mol. The van der Waals surface area contributed by atoms with Gasteiger partial charge in [0.25, 0.3) is 0 Å². The maximum atomic E-state index is 5.75. The summed E-state index contributed by atoms with van der Waals surface area (Å²) in [6.07, 6.45) is 3.64. The predicted octanol–water partition coefficient (Wildman–Crippen LogP) is 2.61. The van der Waals surface area contributed by atoms with Crippen LogP contribution in [-0.2, 0) is 6.54 Å². The first kappa shape index (κ1) is 13.0. The Hall–Kier alpha value is -1.09. The first-order valence-electron chi connectivity index (χ1n) is 5.88. The zero-order chi connectivity index (χ0) is 12.0. The van der Waals surface area contributed by atoms with Gasteiger partial charge in [-0.3, -0.25) is 4.98 Å². The maximum absolute atomic E-state index is 5.75. The van der Waals surface area contributed by atoms with Gasteiger partial charge >= 0.3 is 0 Å². The molecule has 3 nitrogen and oxygen atoms in total. The second-order valence-electron chi connectivity index (χ2n) is 4.72. The molecule has 0 spiro atoms. The molecule has 90 valence electrons. The van der Waals surface area contributed by atoms with Crippen LogP contribution in [0.3, 0.4) is 0 Å². The van der Waals surface area contributed by atoms with Gasteiger partial charge in [-0.2, -0.15) is 0 Å². The van der Waals surface area contributed by atoms with Crippen molar-refractivity contribution in [3.8, 4) is 5.75 Å². The van der Waals surface area contributed by atoms with Crippen molar-refractivity contribution in [1.82, 2.24) is 10.3 Å². The number of hydrogen-bond donors (Lipinski definition) is 1. The lowest BCUT2D eigenvalue weighted by atomic mass is 10.2. The molecule has 0 aliphatic rings. The van der Waals surface area contributed by atoms with Gasteiger partial charge in [0.05, 0.1) is 6.61 Å². The van der Waals surface area contributed by atoms with E-state index in [1.807, 2.05) is 12.3 Å². The van der Waals surface area contributed by atoms with Crippen LogP contribution in [0.1, 0.15) is 33.3 Å². The van der Waals surface area contributed by atoms with Gasteiger partial charge in [0.2, 0.25) is 0 Å². The first-order chi connectivity index (χ1) is 7.59. The molecule has 0 bridgehead atoms. The van der Waals surface area contributed by atoms with Crippen molar-refractivity contribution in [3.63, 3.8) is 0 Å². The van der Waals surface area contributed by atoms with Crippen LogP contribution in [0.15, 0.2) is 18.5 Å². The molecule has 0 aliphatic heterocycles. The smallest absolute Gasteiger partial charge is 0.126 e. The topological polar surface area (TPSA) is 34.1 Å². The van der Waals surface area contributed by atoms with Crippen molar-refractivity contribution >= 4 is 0 Å². The molecule has 0 unspecified atom stereocenters. The Morgan fingerprint density at radius 2 is 2.06 bits per heavy atom. The summed E-state index contributed by atoms with van der Waals surface area (Å²) < 4.78 is 5.75. The molecule has 0 fully saturated rings. The van der Waals surface area contributed by atoms with E-state index in [0.29, 0.717) is 12.0 Å². The third-order valence-electron chi connectivity index (χ3n) is 2.13. The molecule has 0 aliphatic carbocycles. The van der Waals surface area contributed by atoms with E-state index in [9.17, 15) is 0 Å². The molecule has 1 heterocycles. The largest absolute Gasteiger partial charge is 0.493 e. The summed E-state index contributed by atoms with van der Waals surface area (Å²) in [5, 5.41) is 3.37. The lowest BCUT2D eigenvalue weighted by Crippen LogP contribution is -2.22. The summed E-state index contributed by atoms with van der Waals surface area (Å²) in [6.45, 7) is 10.1. The second-order valence-corrected chi connectivity index (χ2v) is 4.72. The summed E-state index contributed by atoms with van der Waals surface area (Å²) >= 11 is 0. The van der Waals surface area contributed by atoms with E-state index >= 15 is 0 Å². The summed E-state index contributed by atoms with van der Waals surface area (Å²) in [6, 6.07) is 2.40. The summed E-state index contributed by atoms with van der Waals surface area (Å²) in [7, 11) is 0. The zero-order valence-electron chi connectivity index (χ0n) is 10.7. The van der Waals surface area contributed by atoms with Gasteiger partial charge in [-0.05, 0) is 12.0 Å². The number of aromatic nitrogens is 1. The normalized spacial score (nSPS) is 11.1. The molecule has 1 rings (SSSR count). The standard InChI is InChI=1S/C13H22N2O/c1-10(2)9-16-13-5-6-14-7-12(13)8-15-11(3)4/h5-7,10-11,15H,8-9H2,1-4H3. The Bertz CT molecular complexity index is 280. The number of pyridine rings is 1. The second kappa shape index (κ2) is 6.48. The fourth-order valence-corrected chi connectivity index (χ4v) is 1.26. The number of nitrogens with one attached hydrogen (secondary N) is 1. The zero-order valence-corrected chi connectivity index (χ0v) is 10.7. The van der Waals surface area contributed by atoms with Crippen LogP contribution in [0.5, 0.6) is 5.75 Å². The van der Waals surface area contributed by atoms with Crippen LogP contribution in [0.2, 0.25) is 0 Å². The van der Waals surface area contributed by atoms with Gasteiger partial charge in [0.1, 0.15) is 5.75 Å². The van der Waals surface area contributed by atoms with E-state index in [1.54, 1.807) is 6.20 Å². The van der Waals surface area contributed by atoms with Gasteiger partial charge in [-0.25, -0.2) is 0 Å². The van der Waals surface area contributed by atoms with Crippen LogP contribution >= 0.6 is 0 Å². The van der Waals surface area contributed by atoms with Crippen molar-refractivity contribution in [2.45, 2.75) is 40.3 Å². The molecule has 0 saturated carbocycles. The molecule has 0 amide bonds. The Morgan fingerprint density at radius 1 is 1.31 bits per heavy atom. The lowest BCUT2D eigenvalue weighted by Gasteiger charge is -2.14. The number of hydrogen-bond acceptors (Lipinski definition) is 3. The molecule has 16 heavy (non-hydrogen) atoms. The highest BCUT2D eigenvalue weighted by Crippen LogP contribution is 2.17. The SMILES string of the molecule is CC(C)COc1ccncc1CNC(C)C. The third-order valence-corrected chi connectivity index (χ3v) is 2.13. The van der Waals surface area contributed by atoms with Crippen molar-refractivity contribution < 1.29 is 4.74 Å². The van der Waals surface area contributed by atoms with Crippen LogP contribution < -0.4 is 10.1 Å². The maximum Gasteiger partial charge on any atom is 0.126 e. The Balaban J connectivity index is 2.60. The Morgan fingerprint density at radius 3 is 2.69 bits per heavy atom. The van der Waals surface area contributed by atoms with E-state index in [2.05, 4.69) is 38.0 Å². The molecule has 0 atom stereocenters. The van der Waals surface area contributed by atoms with E-state index < -0.39 is 0 Å². The highest BCUT2D eigenvalue weighted by atomic mass is 16.5.